The predicted molar refractivity (Wildman–Crippen MR) is 9.94 cm³/mol. The standard InChI is InChI=1S/Al.Au.Pt.Ti.3H. The van der Waals surface area contributed by atoms with Gasteiger partial charge in [0.15, 0.2) is 17.4 Å². The van der Waals surface area contributed by atoms with Crippen LogP contribution in [0.15, 0.2) is 0 Å². The molecule has 0 aromatic carbocycles. The molecule has 0 aliphatic rings. The van der Waals surface area contributed by atoms with Crippen LogP contribution >= 0.6 is 0 Å². The topological polar surface area (TPSA) is 0 Å². The minimum atomic E-state index is 0. The van der Waals surface area contributed by atoms with Gasteiger partial charge in [0.05, 0.1) is 0 Å². The zero-order valence-corrected chi connectivity index (χ0v) is 7.12. The molecule has 0 unspecified atom stereocenters. The van der Waals surface area contributed by atoms with E-state index in [9.17, 15) is 0 Å². The molecule has 0 heterocycles. The van der Waals surface area contributed by atoms with Crippen LogP contribution in [0.5, 0.6) is 0 Å². The molecule has 0 aromatic rings. The van der Waals surface area contributed by atoms with Crippen LogP contribution in [0.2, 0.25) is 0 Å². The van der Waals surface area contributed by atoms with E-state index in [1.807, 2.05) is 0 Å². The second-order valence-electron chi connectivity index (χ2n) is 0. The fraction of sp³-hybridized carbons (Fsp3) is 0. The molecule has 0 saturated carbocycles. The normalized spacial score (nSPS) is 0. The van der Waals surface area contributed by atoms with Gasteiger partial charge in [0.2, 0.25) is 0 Å². The van der Waals surface area contributed by atoms with Crippen molar-refractivity contribution in [3.8, 4) is 0 Å². The molecule has 0 saturated heterocycles. The third-order valence-electron chi connectivity index (χ3n) is 0. The van der Waals surface area contributed by atoms with Crippen LogP contribution in [0, 0.1) is 0 Å². The van der Waals surface area contributed by atoms with E-state index in [1.165, 1.54) is 0 Å². The molecule has 0 aliphatic carbocycles. The van der Waals surface area contributed by atoms with Gasteiger partial charge >= 0.3 is 0 Å². The SMILES string of the molecule is [AlH3].[Au].[Pt].[Ti]. The van der Waals surface area contributed by atoms with Crippen molar-refractivity contribution in [1.29, 1.82) is 0 Å². The van der Waals surface area contributed by atoms with Gasteiger partial charge in [-0.05, 0) is 0 Å². The summed E-state index contributed by atoms with van der Waals surface area (Å²) in [5.41, 5.74) is 0. The average molecular weight is 470 g/mol. The van der Waals surface area contributed by atoms with Crippen molar-refractivity contribution in [1.82, 2.24) is 0 Å². The molecule has 0 aliphatic heterocycles. The molecule has 31 valence electrons. The van der Waals surface area contributed by atoms with Crippen LogP contribution in [0.1, 0.15) is 0 Å². The maximum Gasteiger partial charge on any atom is 0.187 e. The molecule has 0 amide bonds. The average Bonchev–Trinajstić information content (AvgIpc) is 0. The summed E-state index contributed by atoms with van der Waals surface area (Å²) in [6, 6.07) is 0. The summed E-state index contributed by atoms with van der Waals surface area (Å²) in [6.07, 6.45) is 0. The molecular formula is H3AlAuPtTi. The Hall–Kier alpha value is 2.68. The van der Waals surface area contributed by atoms with E-state index in [1.54, 1.807) is 0 Å². The maximum atomic E-state index is 0. The third-order valence-corrected chi connectivity index (χ3v) is 0. The quantitative estimate of drug-likeness (QED) is 0.391. The summed E-state index contributed by atoms with van der Waals surface area (Å²) in [5.74, 6) is 0. The maximum absolute atomic E-state index is 0. The second kappa shape index (κ2) is 17.3. The van der Waals surface area contributed by atoms with E-state index in [-0.39, 0.29) is 82.5 Å². The number of rotatable bonds is 0. The van der Waals surface area contributed by atoms with E-state index in [2.05, 4.69) is 0 Å². The van der Waals surface area contributed by atoms with Gasteiger partial charge in [-0.25, -0.2) is 0 Å². The van der Waals surface area contributed by atoms with E-state index in [0.717, 1.165) is 0 Å². The molecule has 0 spiro atoms. The Kier molecular flexibility index (Phi) is 130. The van der Waals surface area contributed by atoms with E-state index in [0.29, 0.717) is 0 Å². The first-order valence-corrected chi connectivity index (χ1v) is 0. The fourth-order valence-electron chi connectivity index (χ4n) is 0. The number of hydrogen-bond donors (Lipinski definition) is 0. The molecule has 4 heavy (non-hydrogen) atoms. The molecule has 0 N–H and O–H groups in total. The predicted octanol–water partition coefficient (Wildman–Crippen LogP) is -1.19. The van der Waals surface area contributed by atoms with Crippen molar-refractivity contribution in [2.45, 2.75) is 0 Å². The summed E-state index contributed by atoms with van der Waals surface area (Å²) in [4.78, 5) is 0. The van der Waals surface area contributed by atoms with Crippen molar-refractivity contribution >= 4 is 17.4 Å². The second-order valence-corrected chi connectivity index (χ2v) is 0. The summed E-state index contributed by atoms with van der Waals surface area (Å²) in [5, 5.41) is 0. The Bertz CT molecular complexity index is 8.00. The van der Waals surface area contributed by atoms with Gasteiger partial charge < -0.3 is 0 Å². The third kappa shape index (κ3) is 8.82. The smallest absolute Gasteiger partial charge is 0 e. The summed E-state index contributed by atoms with van der Waals surface area (Å²) in [6.45, 7) is 0. The first-order chi connectivity index (χ1) is 0. The van der Waals surface area contributed by atoms with E-state index < -0.39 is 0 Å². The molecule has 0 atom stereocenters. The van der Waals surface area contributed by atoms with Gasteiger partial charge in [-0.15, -0.1) is 0 Å². The molecule has 0 rings (SSSR count). The van der Waals surface area contributed by atoms with Crippen molar-refractivity contribution in [2.75, 3.05) is 0 Å². The molecule has 0 fully saturated rings. The van der Waals surface area contributed by atoms with Gasteiger partial charge in [0.25, 0.3) is 0 Å². The van der Waals surface area contributed by atoms with Crippen LogP contribution in [-0.4, -0.2) is 17.4 Å². The minimum absolute atomic E-state index is 0. The monoisotopic (exact) mass is 470 g/mol. The van der Waals surface area contributed by atoms with Crippen LogP contribution in [0.3, 0.4) is 0 Å². The first-order valence-electron chi connectivity index (χ1n) is 0. The zero-order chi connectivity index (χ0) is 0. The molecule has 1 radical (unpaired) electrons. The Labute approximate surface area is 81.3 Å². The zero-order valence-electron chi connectivity index (χ0n) is 1.12. The van der Waals surface area contributed by atoms with Gasteiger partial charge in [-0.3, -0.25) is 0 Å². The van der Waals surface area contributed by atoms with Crippen molar-refractivity contribution in [3.63, 3.8) is 0 Å². The first kappa shape index (κ1) is 30.0. The van der Waals surface area contributed by atoms with Crippen molar-refractivity contribution < 1.29 is 65.2 Å². The van der Waals surface area contributed by atoms with Crippen molar-refractivity contribution in [2.24, 2.45) is 0 Å². The largest absolute Gasteiger partial charge is 0.187 e. The summed E-state index contributed by atoms with van der Waals surface area (Å²) >= 11 is 0. The molecule has 0 bridgehead atoms. The van der Waals surface area contributed by atoms with Crippen LogP contribution in [0.4, 0.5) is 0 Å². The van der Waals surface area contributed by atoms with Crippen LogP contribution in [0.25, 0.3) is 0 Å². The van der Waals surface area contributed by atoms with Gasteiger partial charge in [0, 0.05) is 65.2 Å². The van der Waals surface area contributed by atoms with Crippen molar-refractivity contribution in [3.05, 3.63) is 0 Å². The van der Waals surface area contributed by atoms with Crippen LogP contribution in [-0.2, 0) is 65.2 Å². The molecular weight excluding hydrogens is 467 g/mol. The minimum Gasteiger partial charge on any atom is 0 e. The van der Waals surface area contributed by atoms with Gasteiger partial charge in [-0.2, -0.15) is 0 Å². The van der Waals surface area contributed by atoms with Gasteiger partial charge in [0.1, 0.15) is 0 Å². The summed E-state index contributed by atoms with van der Waals surface area (Å²) in [7, 11) is 0. The Morgan fingerprint density at radius 1 is 1.00 bits per heavy atom. The molecule has 4 heteroatoms. The van der Waals surface area contributed by atoms with E-state index >= 15 is 0 Å². The van der Waals surface area contributed by atoms with E-state index in [4.69, 9.17) is 0 Å². The fourth-order valence-corrected chi connectivity index (χ4v) is 0. The molecule has 0 aromatic heterocycles. The van der Waals surface area contributed by atoms with Gasteiger partial charge in [-0.1, -0.05) is 0 Å². The molecule has 0 nitrogen and oxygen atoms in total. The Morgan fingerprint density at radius 3 is 1.00 bits per heavy atom. The Morgan fingerprint density at radius 2 is 1.00 bits per heavy atom. The number of hydrogen-bond acceptors (Lipinski definition) is 0. The van der Waals surface area contributed by atoms with Crippen LogP contribution < -0.4 is 0 Å². The summed E-state index contributed by atoms with van der Waals surface area (Å²) < 4.78 is 0. The Balaban J connectivity index is 0.